The van der Waals surface area contributed by atoms with Gasteiger partial charge < -0.3 is 19.3 Å². The number of hydrogen-bond donors (Lipinski definition) is 1. The van der Waals surface area contributed by atoms with E-state index in [4.69, 9.17) is 9.26 Å². The Hall–Kier alpha value is -3.39. The number of piperazine rings is 1. The number of methoxy groups -OCH3 is 1. The lowest BCUT2D eigenvalue weighted by atomic mass is 10.1. The summed E-state index contributed by atoms with van der Waals surface area (Å²) in [5.74, 6) is 1.06. The minimum Gasteiger partial charge on any atom is -0.504 e. The number of phenols is 1. The summed E-state index contributed by atoms with van der Waals surface area (Å²) in [6.07, 6.45) is 0. The molecule has 0 spiro atoms. The van der Waals surface area contributed by atoms with Crippen molar-refractivity contribution in [1.82, 2.24) is 15.1 Å². The molecule has 1 saturated heterocycles. The fourth-order valence-corrected chi connectivity index (χ4v) is 3.08. The minimum atomic E-state index is 0.0808. The summed E-state index contributed by atoms with van der Waals surface area (Å²) in [6.45, 7) is 3.78. The Kier molecular flexibility index (Phi) is 5.44. The van der Waals surface area contributed by atoms with Crippen molar-refractivity contribution in [2.24, 2.45) is 10.3 Å². The van der Waals surface area contributed by atoms with E-state index in [1.54, 1.807) is 18.2 Å². The second kappa shape index (κ2) is 8.32. The van der Waals surface area contributed by atoms with Gasteiger partial charge in [-0.1, -0.05) is 22.5 Å². The van der Waals surface area contributed by atoms with Crippen LogP contribution in [0.1, 0.15) is 0 Å². The fraction of sp³-hybridized carbons (Fsp3) is 0.286. The molecule has 8 heteroatoms. The summed E-state index contributed by atoms with van der Waals surface area (Å²) >= 11 is 0. The van der Waals surface area contributed by atoms with Gasteiger partial charge in [0.1, 0.15) is 5.69 Å². The van der Waals surface area contributed by atoms with E-state index in [0.29, 0.717) is 11.5 Å². The fourth-order valence-electron chi connectivity index (χ4n) is 3.08. The first-order valence-electron chi connectivity index (χ1n) is 9.42. The standard InChI is InChI=1S/C21H23N5O3/c1-25-9-11-26(12-10-25)24-22-17-6-3-15(4-7-17)18-14-20(29-23-18)16-5-8-19(27)21(13-16)28-2/h3-8,13-14,27H,9-12H2,1-2H3. The van der Waals surface area contributed by atoms with E-state index < -0.39 is 0 Å². The van der Waals surface area contributed by atoms with E-state index in [0.717, 1.165) is 48.7 Å². The van der Waals surface area contributed by atoms with E-state index >= 15 is 0 Å². The van der Waals surface area contributed by atoms with Crippen molar-refractivity contribution in [2.75, 3.05) is 40.3 Å². The molecule has 2 aromatic carbocycles. The number of aromatic nitrogens is 1. The van der Waals surface area contributed by atoms with Crippen LogP contribution in [0.3, 0.4) is 0 Å². The van der Waals surface area contributed by atoms with Gasteiger partial charge in [-0.25, -0.2) is 0 Å². The van der Waals surface area contributed by atoms with Gasteiger partial charge in [-0.05, 0) is 37.4 Å². The molecule has 1 aliphatic rings. The predicted octanol–water partition coefficient (Wildman–Crippen LogP) is 3.97. The van der Waals surface area contributed by atoms with E-state index in [2.05, 4.69) is 27.4 Å². The minimum absolute atomic E-state index is 0.0808. The summed E-state index contributed by atoms with van der Waals surface area (Å²) in [5.41, 5.74) is 3.20. The molecule has 0 saturated carbocycles. The van der Waals surface area contributed by atoms with Crippen molar-refractivity contribution in [3.05, 3.63) is 48.5 Å². The van der Waals surface area contributed by atoms with Crippen molar-refractivity contribution in [2.45, 2.75) is 0 Å². The highest BCUT2D eigenvalue weighted by atomic mass is 16.5. The average molecular weight is 393 g/mol. The second-order valence-corrected chi connectivity index (χ2v) is 6.96. The maximum atomic E-state index is 9.74. The highest BCUT2D eigenvalue weighted by Crippen LogP contribution is 2.33. The number of rotatable bonds is 5. The highest BCUT2D eigenvalue weighted by molar-refractivity contribution is 5.69. The van der Waals surface area contributed by atoms with Gasteiger partial charge in [0.05, 0.1) is 25.9 Å². The zero-order chi connectivity index (χ0) is 20.2. The van der Waals surface area contributed by atoms with Crippen LogP contribution < -0.4 is 4.74 Å². The van der Waals surface area contributed by atoms with E-state index in [1.807, 2.05) is 35.3 Å². The number of phenolic OH excluding ortho intramolecular Hbond substituents is 1. The third-order valence-corrected chi connectivity index (χ3v) is 4.90. The topological polar surface area (TPSA) is 86.7 Å². The molecule has 0 unspecified atom stereocenters. The number of likely N-dealkylation sites (N-methyl/N-ethyl adjacent to an activating group) is 1. The zero-order valence-electron chi connectivity index (χ0n) is 16.4. The molecule has 1 N–H and O–H groups in total. The molecule has 1 aromatic heterocycles. The molecular formula is C21H23N5O3. The maximum Gasteiger partial charge on any atom is 0.167 e. The Morgan fingerprint density at radius 1 is 1.00 bits per heavy atom. The summed E-state index contributed by atoms with van der Waals surface area (Å²) in [6, 6.07) is 14.6. The zero-order valence-corrected chi connectivity index (χ0v) is 16.4. The molecule has 2 heterocycles. The van der Waals surface area contributed by atoms with Crippen LogP contribution in [0.5, 0.6) is 11.5 Å². The van der Waals surface area contributed by atoms with Gasteiger partial charge in [0.15, 0.2) is 17.3 Å². The van der Waals surface area contributed by atoms with E-state index in [9.17, 15) is 5.11 Å². The molecule has 150 valence electrons. The first-order chi connectivity index (χ1) is 14.1. The number of aromatic hydroxyl groups is 1. The molecule has 8 nitrogen and oxygen atoms in total. The molecule has 0 atom stereocenters. The normalized spacial score (nSPS) is 15.2. The van der Waals surface area contributed by atoms with E-state index in [1.165, 1.54) is 7.11 Å². The molecule has 0 amide bonds. The van der Waals surface area contributed by atoms with Gasteiger partial charge in [-0.2, -0.15) is 0 Å². The summed E-state index contributed by atoms with van der Waals surface area (Å²) < 4.78 is 10.6. The lowest BCUT2D eigenvalue weighted by Gasteiger charge is -2.29. The van der Waals surface area contributed by atoms with Crippen molar-refractivity contribution in [3.63, 3.8) is 0 Å². The predicted molar refractivity (Wildman–Crippen MR) is 109 cm³/mol. The van der Waals surface area contributed by atoms with Crippen molar-refractivity contribution >= 4 is 5.69 Å². The number of hydrogen-bond acceptors (Lipinski definition) is 7. The van der Waals surface area contributed by atoms with Crippen LogP contribution in [0.25, 0.3) is 22.6 Å². The van der Waals surface area contributed by atoms with Crippen LogP contribution in [0.2, 0.25) is 0 Å². The van der Waals surface area contributed by atoms with Crippen LogP contribution in [0.15, 0.2) is 63.4 Å². The first-order valence-corrected chi connectivity index (χ1v) is 9.42. The largest absolute Gasteiger partial charge is 0.504 e. The van der Waals surface area contributed by atoms with Gasteiger partial charge in [-0.3, -0.25) is 5.01 Å². The molecular weight excluding hydrogens is 370 g/mol. The number of benzene rings is 2. The molecule has 1 fully saturated rings. The Morgan fingerprint density at radius 2 is 1.72 bits per heavy atom. The number of nitrogens with zero attached hydrogens (tertiary/aromatic N) is 5. The first kappa shape index (κ1) is 18.9. The molecule has 0 bridgehead atoms. The Labute approximate surface area is 169 Å². The van der Waals surface area contributed by atoms with Gasteiger partial charge in [0, 0.05) is 30.3 Å². The summed E-state index contributed by atoms with van der Waals surface area (Å²) in [7, 11) is 3.62. The molecule has 0 radical (unpaired) electrons. The SMILES string of the molecule is COc1cc(-c2cc(-c3ccc(N=NN4CCN(C)CC4)cc3)no2)ccc1O. The van der Waals surface area contributed by atoms with Crippen molar-refractivity contribution in [1.29, 1.82) is 0 Å². The summed E-state index contributed by atoms with van der Waals surface area (Å²) in [5, 5.41) is 24.5. The third-order valence-electron chi connectivity index (χ3n) is 4.90. The Bertz CT molecular complexity index is 992. The molecule has 4 rings (SSSR count). The summed E-state index contributed by atoms with van der Waals surface area (Å²) in [4.78, 5) is 2.28. The average Bonchev–Trinajstić information content (AvgIpc) is 3.24. The van der Waals surface area contributed by atoms with E-state index in [-0.39, 0.29) is 5.75 Å². The quantitative estimate of drug-likeness (QED) is 0.660. The molecule has 3 aromatic rings. The number of ether oxygens (including phenoxy) is 1. The van der Waals surface area contributed by atoms with Crippen molar-refractivity contribution in [3.8, 4) is 34.1 Å². The van der Waals surface area contributed by atoms with Gasteiger partial charge in [0.25, 0.3) is 0 Å². The second-order valence-electron chi connectivity index (χ2n) is 6.96. The Morgan fingerprint density at radius 3 is 2.45 bits per heavy atom. The van der Waals surface area contributed by atoms with Crippen LogP contribution >= 0.6 is 0 Å². The van der Waals surface area contributed by atoms with Crippen molar-refractivity contribution < 1.29 is 14.4 Å². The Balaban J connectivity index is 1.46. The highest BCUT2D eigenvalue weighted by Gasteiger charge is 2.13. The van der Waals surface area contributed by atoms with Crippen LogP contribution in [0, 0.1) is 0 Å². The van der Waals surface area contributed by atoms with Crippen LogP contribution in [-0.2, 0) is 0 Å². The maximum absolute atomic E-state index is 9.74. The van der Waals surface area contributed by atoms with Crippen LogP contribution in [-0.4, -0.2) is 60.5 Å². The third kappa shape index (κ3) is 4.38. The molecule has 29 heavy (non-hydrogen) atoms. The van der Waals surface area contributed by atoms with Crippen LogP contribution in [0.4, 0.5) is 5.69 Å². The van der Waals surface area contributed by atoms with Gasteiger partial charge in [-0.15, -0.1) is 5.11 Å². The molecule has 1 aliphatic heterocycles. The molecule has 0 aliphatic carbocycles. The monoisotopic (exact) mass is 393 g/mol. The smallest absolute Gasteiger partial charge is 0.167 e. The lowest BCUT2D eigenvalue weighted by Crippen LogP contribution is -2.41. The van der Waals surface area contributed by atoms with Gasteiger partial charge in [0.2, 0.25) is 0 Å². The van der Waals surface area contributed by atoms with Gasteiger partial charge >= 0.3 is 0 Å². The lowest BCUT2D eigenvalue weighted by molar-refractivity contribution is 0.150.